The van der Waals surface area contributed by atoms with Gasteiger partial charge in [-0.25, -0.2) is 0 Å². The molecule has 0 saturated heterocycles. The summed E-state index contributed by atoms with van der Waals surface area (Å²) in [5.41, 5.74) is 26.5. The Balaban J connectivity index is 1.04. The van der Waals surface area contributed by atoms with Crippen LogP contribution in [0.15, 0.2) is 322 Å². The molecule has 5 heteroatoms. The minimum Gasteiger partial charge on any atom is -0.311 e. The van der Waals surface area contributed by atoms with E-state index in [1.165, 1.54) is 66.2 Å². The topological polar surface area (TPSA) is 14.7 Å². The maximum absolute atomic E-state index is 2.62. The molecule has 2 aliphatic heterocycles. The Hall–Kier alpha value is -10.9. The molecule has 16 rings (SSSR count). The monoisotopic (exact) mass is 1060 g/mol. The second-order valence-corrected chi connectivity index (χ2v) is 21.6. The molecule has 13 aromatic carbocycles. The van der Waals surface area contributed by atoms with E-state index in [0.717, 1.165) is 73.3 Å². The zero-order valence-corrected chi connectivity index (χ0v) is 45.5. The molecule has 0 aliphatic carbocycles. The van der Waals surface area contributed by atoms with Crippen LogP contribution in [-0.2, 0) is 0 Å². The molecule has 0 radical (unpaired) electrons. The molecule has 1 aromatic heterocycles. The molecule has 83 heavy (non-hydrogen) atoms. The molecule has 0 spiro atoms. The lowest BCUT2D eigenvalue weighted by atomic mass is 9.33. The van der Waals surface area contributed by atoms with E-state index in [9.17, 15) is 0 Å². The highest BCUT2D eigenvalue weighted by molar-refractivity contribution is 7.00. The van der Waals surface area contributed by atoms with Crippen molar-refractivity contribution in [2.75, 3.05) is 14.7 Å². The first-order valence-electron chi connectivity index (χ1n) is 28.6. The summed E-state index contributed by atoms with van der Waals surface area (Å²) in [6, 6.07) is 118. The van der Waals surface area contributed by atoms with Crippen molar-refractivity contribution in [2.24, 2.45) is 0 Å². The van der Waals surface area contributed by atoms with Gasteiger partial charge in [0.1, 0.15) is 0 Å². The summed E-state index contributed by atoms with van der Waals surface area (Å²) < 4.78 is 2.49. The number of rotatable bonds is 10. The maximum Gasteiger partial charge on any atom is 0.252 e. The van der Waals surface area contributed by atoms with Gasteiger partial charge in [-0.1, -0.05) is 231 Å². The number of nitrogens with zero attached hydrogens (tertiary/aromatic N) is 4. The molecule has 388 valence electrons. The first kappa shape index (κ1) is 48.1. The highest BCUT2D eigenvalue weighted by Crippen LogP contribution is 2.52. The van der Waals surface area contributed by atoms with E-state index >= 15 is 0 Å². The number of benzene rings is 13. The van der Waals surface area contributed by atoms with Crippen LogP contribution in [0.1, 0.15) is 0 Å². The standard InChI is InChI=1S/C78H53BN4/c1-7-23-54(24-8-1)58-41-44-64(45-42-58)81-73-51-61(57-29-13-4-14-30-57)43-46-69(73)79-70-47-48-72-76(68-39-19-20-40-71(68)82(72)65-37-21-31-59(49-65)55-25-9-2-10-26-55)78(70)83(66-38-22-32-60(50-66)56-27-11-3-12-28-56)75-53-67(52-74(81)77(75)79)80(62-33-15-5-16-34-62)63-35-17-6-18-36-63/h1-53H. The third kappa shape index (κ3) is 8.16. The molecule has 3 heterocycles. The minimum atomic E-state index is -0.160. The van der Waals surface area contributed by atoms with Crippen LogP contribution in [-0.4, -0.2) is 11.3 Å². The second-order valence-electron chi connectivity index (χ2n) is 21.6. The SMILES string of the molecule is c1ccc(-c2ccc(N3c4cc(-c5ccccc5)ccc4B4c5ccc6c(c5N(c5cccc(-c7ccccc7)c5)c5cc(N(c7ccccc7)c7ccccc7)cc3c54)c3ccccc3n6-c3cccc(-c4ccccc4)c3)cc2)cc1. The Kier molecular flexibility index (Phi) is 11.6. The molecule has 2 aliphatic rings. The van der Waals surface area contributed by atoms with Gasteiger partial charge in [0.05, 0.1) is 22.4 Å². The van der Waals surface area contributed by atoms with Crippen molar-refractivity contribution in [1.29, 1.82) is 0 Å². The van der Waals surface area contributed by atoms with Gasteiger partial charge in [-0.05, 0) is 152 Å². The molecule has 0 amide bonds. The van der Waals surface area contributed by atoms with Gasteiger partial charge in [0.15, 0.2) is 0 Å². The molecule has 0 atom stereocenters. The number of hydrogen-bond acceptors (Lipinski definition) is 3. The van der Waals surface area contributed by atoms with Gasteiger partial charge in [0.25, 0.3) is 6.71 Å². The van der Waals surface area contributed by atoms with Crippen LogP contribution in [0.2, 0.25) is 0 Å². The normalized spacial score (nSPS) is 12.3. The number of hydrogen-bond donors (Lipinski definition) is 0. The predicted octanol–water partition coefficient (Wildman–Crippen LogP) is 19.0. The first-order valence-corrected chi connectivity index (χ1v) is 28.6. The summed E-state index contributed by atoms with van der Waals surface area (Å²) in [5, 5.41) is 2.40. The van der Waals surface area contributed by atoms with Crippen LogP contribution < -0.4 is 31.1 Å². The lowest BCUT2D eigenvalue weighted by Gasteiger charge is -2.45. The average molecular weight is 1060 g/mol. The van der Waals surface area contributed by atoms with Crippen molar-refractivity contribution in [3.8, 4) is 50.2 Å². The second kappa shape index (κ2) is 20.0. The van der Waals surface area contributed by atoms with Crippen molar-refractivity contribution in [3.63, 3.8) is 0 Å². The molecule has 0 N–H and O–H groups in total. The van der Waals surface area contributed by atoms with Crippen LogP contribution >= 0.6 is 0 Å². The Bertz CT molecular complexity index is 4680. The summed E-state index contributed by atoms with van der Waals surface area (Å²) in [4.78, 5) is 7.60. The van der Waals surface area contributed by atoms with Gasteiger partial charge in [-0.2, -0.15) is 0 Å². The average Bonchev–Trinajstić information content (AvgIpc) is 1.83. The van der Waals surface area contributed by atoms with Crippen molar-refractivity contribution >= 4 is 96.1 Å². The van der Waals surface area contributed by atoms with Crippen molar-refractivity contribution < 1.29 is 0 Å². The lowest BCUT2D eigenvalue weighted by molar-refractivity contribution is 1.18. The molecular weight excluding hydrogens is 1000 g/mol. The molecular formula is C78H53BN4. The maximum atomic E-state index is 2.62. The van der Waals surface area contributed by atoms with Crippen molar-refractivity contribution in [1.82, 2.24) is 4.57 Å². The number of fused-ring (bicyclic) bond motifs is 8. The third-order valence-electron chi connectivity index (χ3n) is 16.9. The Morgan fingerprint density at radius 3 is 1.30 bits per heavy atom. The molecule has 0 bridgehead atoms. The van der Waals surface area contributed by atoms with E-state index in [1.807, 2.05) is 0 Å². The highest BCUT2D eigenvalue weighted by atomic mass is 15.2. The quantitative estimate of drug-likeness (QED) is 0.127. The largest absolute Gasteiger partial charge is 0.311 e. The van der Waals surface area contributed by atoms with Gasteiger partial charge in [0, 0.05) is 56.3 Å². The fourth-order valence-electron chi connectivity index (χ4n) is 13.2. The van der Waals surface area contributed by atoms with Crippen LogP contribution in [0, 0.1) is 0 Å². The van der Waals surface area contributed by atoms with E-state index in [1.54, 1.807) is 0 Å². The van der Waals surface area contributed by atoms with Crippen LogP contribution in [0.4, 0.5) is 51.2 Å². The van der Waals surface area contributed by atoms with Gasteiger partial charge in [-0.3, -0.25) is 0 Å². The van der Waals surface area contributed by atoms with Gasteiger partial charge < -0.3 is 19.3 Å². The van der Waals surface area contributed by atoms with E-state index in [4.69, 9.17) is 0 Å². The van der Waals surface area contributed by atoms with Crippen LogP contribution in [0.3, 0.4) is 0 Å². The van der Waals surface area contributed by atoms with Gasteiger partial charge >= 0.3 is 0 Å². The Morgan fingerprint density at radius 2 is 0.711 bits per heavy atom. The summed E-state index contributed by atoms with van der Waals surface area (Å²) in [6.07, 6.45) is 0. The summed E-state index contributed by atoms with van der Waals surface area (Å²) >= 11 is 0. The molecule has 14 aromatic rings. The van der Waals surface area contributed by atoms with Crippen molar-refractivity contribution in [2.45, 2.75) is 0 Å². The summed E-state index contributed by atoms with van der Waals surface area (Å²) in [6.45, 7) is -0.160. The molecule has 4 nitrogen and oxygen atoms in total. The van der Waals surface area contributed by atoms with Crippen LogP contribution in [0.5, 0.6) is 0 Å². The first-order chi connectivity index (χ1) is 41.2. The fourth-order valence-corrected chi connectivity index (χ4v) is 13.2. The zero-order chi connectivity index (χ0) is 54.8. The minimum absolute atomic E-state index is 0.160. The Labute approximate surface area is 484 Å². The molecule has 0 saturated carbocycles. The predicted molar refractivity (Wildman–Crippen MR) is 351 cm³/mol. The number of aromatic nitrogens is 1. The molecule has 0 unspecified atom stereocenters. The summed E-state index contributed by atoms with van der Waals surface area (Å²) in [5.74, 6) is 0. The number of anilines is 9. The van der Waals surface area contributed by atoms with Gasteiger partial charge in [0.2, 0.25) is 0 Å². The van der Waals surface area contributed by atoms with E-state index in [-0.39, 0.29) is 6.71 Å². The van der Waals surface area contributed by atoms with E-state index < -0.39 is 0 Å². The fraction of sp³-hybridized carbons (Fsp3) is 0. The van der Waals surface area contributed by atoms with E-state index in [0.29, 0.717) is 0 Å². The number of para-hydroxylation sites is 3. The third-order valence-corrected chi connectivity index (χ3v) is 16.9. The van der Waals surface area contributed by atoms with Crippen molar-refractivity contribution in [3.05, 3.63) is 322 Å². The molecule has 0 fully saturated rings. The highest BCUT2D eigenvalue weighted by Gasteiger charge is 2.45. The van der Waals surface area contributed by atoms with E-state index in [2.05, 4.69) is 341 Å². The Morgan fingerprint density at radius 1 is 0.265 bits per heavy atom. The van der Waals surface area contributed by atoms with Crippen LogP contribution in [0.25, 0.3) is 72.0 Å². The lowest BCUT2D eigenvalue weighted by Crippen LogP contribution is -2.61. The zero-order valence-electron chi connectivity index (χ0n) is 45.5. The summed E-state index contributed by atoms with van der Waals surface area (Å²) in [7, 11) is 0. The van der Waals surface area contributed by atoms with Gasteiger partial charge in [-0.15, -0.1) is 0 Å². The smallest absolute Gasteiger partial charge is 0.252 e.